The zero-order chi connectivity index (χ0) is 13.7. The van der Waals surface area contributed by atoms with E-state index in [1.807, 2.05) is 19.1 Å². The number of nitrogens with zero attached hydrogens (tertiary/aromatic N) is 1. The van der Waals surface area contributed by atoms with Gasteiger partial charge in [-0.1, -0.05) is 12.1 Å². The predicted molar refractivity (Wildman–Crippen MR) is 71.4 cm³/mol. The van der Waals surface area contributed by atoms with E-state index in [9.17, 15) is 9.18 Å². The number of likely N-dealkylation sites (tertiary alicyclic amines) is 1. The first-order valence-corrected chi connectivity index (χ1v) is 6.85. The van der Waals surface area contributed by atoms with Gasteiger partial charge in [0.15, 0.2) is 0 Å². The van der Waals surface area contributed by atoms with Crippen molar-refractivity contribution in [3.8, 4) is 0 Å². The fourth-order valence-corrected chi connectivity index (χ4v) is 2.49. The van der Waals surface area contributed by atoms with Gasteiger partial charge >= 0.3 is 6.09 Å². The third-order valence-electron chi connectivity index (χ3n) is 3.58. The minimum atomic E-state index is -0.206. The molecule has 0 saturated carbocycles. The standard InChI is InChI=1S/C15H20FNO2/c1-2-19-15(18)17-9-7-13(8-10-17)11-12-3-5-14(16)6-4-12/h3-6,13H,2,7-11H2,1H3. The Labute approximate surface area is 113 Å². The van der Waals surface area contributed by atoms with E-state index in [0.29, 0.717) is 12.5 Å². The molecule has 0 spiro atoms. The van der Waals surface area contributed by atoms with Crippen LogP contribution in [-0.4, -0.2) is 30.7 Å². The molecular weight excluding hydrogens is 245 g/mol. The van der Waals surface area contributed by atoms with Crippen LogP contribution in [0.25, 0.3) is 0 Å². The molecule has 0 N–H and O–H groups in total. The van der Waals surface area contributed by atoms with E-state index in [2.05, 4.69) is 0 Å². The molecule has 0 aliphatic carbocycles. The molecule has 1 heterocycles. The molecule has 4 heteroatoms. The van der Waals surface area contributed by atoms with Crippen molar-refractivity contribution < 1.29 is 13.9 Å². The quantitative estimate of drug-likeness (QED) is 0.839. The van der Waals surface area contributed by atoms with Crippen LogP contribution in [-0.2, 0) is 11.2 Å². The normalized spacial score (nSPS) is 16.4. The topological polar surface area (TPSA) is 29.5 Å². The van der Waals surface area contributed by atoms with Crippen LogP contribution in [0.5, 0.6) is 0 Å². The van der Waals surface area contributed by atoms with E-state index in [1.54, 1.807) is 4.90 Å². The maximum Gasteiger partial charge on any atom is 0.409 e. The van der Waals surface area contributed by atoms with E-state index >= 15 is 0 Å². The lowest BCUT2D eigenvalue weighted by Gasteiger charge is -2.31. The number of ether oxygens (including phenoxy) is 1. The van der Waals surface area contributed by atoms with Gasteiger partial charge in [-0.15, -0.1) is 0 Å². The third kappa shape index (κ3) is 3.94. The van der Waals surface area contributed by atoms with Crippen molar-refractivity contribution in [2.24, 2.45) is 5.92 Å². The van der Waals surface area contributed by atoms with Gasteiger partial charge in [-0.3, -0.25) is 0 Å². The summed E-state index contributed by atoms with van der Waals surface area (Å²) in [7, 11) is 0. The summed E-state index contributed by atoms with van der Waals surface area (Å²) >= 11 is 0. The molecule has 0 radical (unpaired) electrons. The fraction of sp³-hybridized carbons (Fsp3) is 0.533. The molecule has 0 bridgehead atoms. The number of carbonyl (C=O) groups is 1. The summed E-state index contributed by atoms with van der Waals surface area (Å²) in [6.45, 7) is 3.75. The van der Waals surface area contributed by atoms with Crippen LogP contribution in [0.4, 0.5) is 9.18 Å². The Morgan fingerprint density at radius 3 is 2.53 bits per heavy atom. The van der Waals surface area contributed by atoms with Gasteiger partial charge in [-0.2, -0.15) is 0 Å². The molecule has 1 aromatic carbocycles. The van der Waals surface area contributed by atoms with Gasteiger partial charge in [-0.25, -0.2) is 9.18 Å². The summed E-state index contributed by atoms with van der Waals surface area (Å²) in [4.78, 5) is 13.3. The third-order valence-corrected chi connectivity index (χ3v) is 3.58. The van der Waals surface area contributed by atoms with Crippen LogP contribution in [0.2, 0.25) is 0 Å². The van der Waals surface area contributed by atoms with Crippen LogP contribution in [0.3, 0.4) is 0 Å². The number of amides is 1. The lowest BCUT2D eigenvalue weighted by Crippen LogP contribution is -2.39. The van der Waals surface area contributed by atoms with Crippen molar-refractivity contribution in [1.29, 1.82) is 0 Å². The van der Waals surface area contributed by atoms with Crippen LogP contribution < -0.4 is 0 Å². The maximum absolute atomic E-state index is 12.8. The molecule has 0 atom stereocenters. The van der Waals surface area contributed by atoms with Gasteiger partial charge in [0.05, 0.1) is 6.61 Å². The highest BCUT2D eigenvalue weighted by molar-refractivity contribution is 5.67. The van der Waals surface area contributed by atoms with Gasteiger partial charge in [0.2, 0.25) is 0 Å². The van der Waals surface area contributed by atoms with Crippen LogP contribution >= 0.6 is 0 Å². The molecule has 1 saturated heterocycles. The van der Waals surface area contributed by atoms with E-state index in [4.69, 9.17) is 4.74 Å². The van der Waals surface area contributed by atoms with Crippen LogP contribution in [0, 0.1) is 11.7 Å². The summed E-state index contributed by atoms with van der Waals surface area (Å²) < 4.78 is 17.8. The lowest BCUT2D eigenvalue weighted by molar-refractivity contribution is 0.0918. The molecular formula is C15H20FNO2. The molecule has 2 rings (SSSR count). The summed E-state index contributed by atoms with van der Waals surface area (Å²) in [5.41, 5.74) is 1.16. The zero-order valence-corrected chi connectivity index (χ0v) is 11.3. The Morgan fingerprint density at radius 1 is 1.32 bits per heavy atom. The molecule has 1 amide bonds. The first kappa shape index (κ1) is 13.8. The van der Waals surface area contributed by atoms with E-state index in [0.717, 1.165) is 37.9 Å². The average Bonchev–Trinajstić information content (AvgIpc) is 2.42. The summed E-state index contributed by atoms with van der Waals surface area (Å²) in [5.74, 6) is 0.372. The zero-order valence-electron chi connectivity index (χ0n) is 11.3. The molecule has 3 nitrogen and oxygen atoms in total. The fourth-order valence-electron chi connectivity index (χ4n) is 2.49. The lowest BCUT2D eigenvalue weighted by atomic mass is 9.90. The molecule has 1 fully saturated rings. The van der Waals surface area contributed by atoms with E-state index in [1.165, 1.54) is 12.1 Å². The second-order valence-corrected chi connectivity index (χ2v) is 4.96. The first-order valence-electron chi connectivity index (χ1n) is 6.85. The number of piperidine rings is 1. The van der Waals surface area contributed by atoms with Gasteiger partial charge < -0.3 is 9.64 Å². The number of carbonyl (C=O) groups excluding carboxylic acids is 1. The van der Waals surface area contributed by atoms with Crippen molar-refractivity contribution in [1.82, 2.24) is 4.90 Å². The monoisotopic (exact) mass is 265 g/mol. The van der Waals surface area contributed by atoms with Crippen molar-refractivity contribution in [3.63, 3.8) is 0 Å². The highest BCUT2D eigenvalue weighted by Crippen LogP contribution is 2.22. The summed E-state index contributed by atoms with van der Waals surface area (Å²) in [6.07, 6.45) is 2.71. The molecule has 1 aliphatic heterocycles. The minimum absolute atomic E-state index is 0.194. The van der Waals surface area contributed by atoms with Gasteiger partial charge in [-0.05, 0) is 49.8 Å². The number of benzene rings is 1. The Hall–Kier alpha value is -1.58. The highest BCUT2D eigenvalue weighted by atomic mass is 19.1. The molecule has 19 heavy (non-hydrogen) atoms. The predicted octanol–water partition coefficient (Wildman–Crippen LogP) is 3.24. The molecule has 0 aromatic heterocycles. The SMILES string of the molecule is CCOC(=O)N1CCC(Cc2ccc(F)cc2)CC1. The second kappa shape index (κ2) is 6.55. The van der Waals surface area contributed by atoms with Crippen molar-refractivity contribution in [2.75, 3.05) is 19.7 Å². The smallest absolute Gasteiger partial charge is 0.409 e. The Balaban J connectivity index is 1.80. The summed E-state index contributed by atoms with van der Waals surface area (Å²) in [5, 5.41) is 0. The van der Waals surface area contributed by atoms with E-state index in [-0.39, 0.29) is 11.9 Å². The van der Waals surface area contributed by atoms with E-state index < -0.39 is 0 Å². The largest absolute Gasteiger partial charge is 0.450 e. The molecule has 1 aliphatic rings. The molecule has 0 unspecified atom stereocenters. The molecule has 104 valence electrons. The Kier molecular flexibility index (Phi) is 4.77. The van der Waals surface area contributed by atoms with Crippen LogP contribution in [0.15, 0.2) is 24.3 Å². The average molecular weight is 265 g/mol. The van der Waals surface area contributed by atoms with Gasteiger partial charge in [0.1, 0.15) is 5.82 Å². The Bertz CT molecular complexity index is 411. The van der Waals surface area contributed by atoms with Gasteiger partial charge in [0, 0.05) is 13.1 Å². The minimum Gasteiger partial charge on any atom is -0.450 e. The highest BCUT2D eigenvalue weighted by Gasteiger charge is 2.23. The van der Waals surface area contributed by atoms with Crippen LogP contribution in [0.1, 0.15) is 25.3 Å². The van der Waals surface area contributed by atoms with Crippen molar-refractivity contribution in [2.45, 2.75) is 26.2 Å². The summed E-state index contributed by atoms with van der Waals surface area (Å²) in [6, 6.07) is 6.69. The number of rotatable bonds is 3. The maximum atomic E-state index is 12.8. The molecule has 1 aromatic rings. The van der Waals surface area contributed by atoms with Crippen molar-refractivity contribution in [3.05, 3.63) is 35.6 Å². The number of halogens is 1. The van der Waals surface area contributed by atoms with Crippen molar-refractivity contribution >= 4 is 6.09 Å². The first-order chi connectivity index (χ1) is 9.19. The number of hydrogen-bond acceptors (Lipinski definition) is 2. The van der Waals surface area contributed by atoms with Gasteiger partial charge in [0.25, 0.3) is 0 Å². The number of hydrogen-bond donors (Lipinski definition) is 0. The Morgan fingerprint density at radius 2 is 1.95 bits per heavy atom. The second-order valence-electron chi connectivity index (χ2n) is 4.96.